The lowest BCUT2D eigenvalue weighted by atomic mass is 10.1. The number of anilines is 1. The van der Waals surface area contributed by atoms with Gasteiger partial charge in [-0.3, -0.25) is 0 Å². The predicted octanol–water partition coefficient (Wildman–Crippen LogP) is 4.73. The fourth-order valence-electron chi connectivity index (χ4n) is 1.99. The molecule has 1 aromatic heterocycles. The summed E-state index contributed by atoms with van der Waals surface area (Å²) in [6, 6.07) is 9.72. The van der Waals surface area contributed by atoms with E-state index in [9.17, 15) is 9.90 Å². The van der Waals surface area contributed by atoms with E-state index in [1.54, 1.807) is 23.1 Å². The minimum absolute atomic E-state index is 0.0926. The molecule has 5 heteroatoms. The van der Waals surface area contributed by atoms with Gasteiger partial charge in [0.2, 0.25) is 0 Å². The Balaban J connectivity index is 2.31. The zero-order valence-corrected chi connectivity index (χ0v) is 13.1. The molecule has 3 nitrogen and oxygen atoms in total. The van der Waals surface area contributed by atoms with Crippen molar-refractivity contribution >= 4 is 34.8 Å². The molecule has 0 amide bonds. The maximum atomic E-state index is 11.5. The van der Waals surface area contributed by atoms with Gasteiger partial charge in [0, 0.05) is 9.77 Å². The van der Waals surface area contributed by atoms with Crippen LogP contribution in [-0.4, -0.2) is 16.8 Å². The number of carboxylic acid groups (broad SMARTS) is 1. The molecule has 2 N–H and O–H groups in total. The van der Waals surface area contributed by atoms with Gasteiger partial charge in [0.25, 0.3) is 0 Å². The van der Waals surface area contributed by atoms with E-state index in [-0.39, 0.29) is 6.04 Å². The summed E-state index contributed by atoms with van der Waals surface area (Å²) in [6.45, 7) is 4.06. The van der Waals surface area contributed by atoms with Gasteiger partial charge >= 0.3 is 5.97 Å². The molecule has 2 aromatic rings. The van der Waals surface area contributed by atoms with Gasteiger partial charge < -0.3 is 10.4 Å². The van der Waals surface area contributed by atoms with Gasteiger partial charge in [-0.1, -0.05) is 19.1 Å². The maximum absolute atomic E-state index is 11.5. The van der Waals surface area contributed by atoms with E-state index in [2.05, 4.69) is 5.32 Å². The van der Waals surface area contributed by atoms with Crippen LogP contribution in [0.1, 0.15) is 35.1 Å². The molecule has 106 valence electrons. The van der Waals surface area contributed by atoms with E-state index in [0.29, 0.717) is 11.3 Å². The van der Waals surface area contributed by atoms with E-state index >= 15 is 0 Å². The molecule has 0 bridgehead atoms. The van der Waals surface area contributed by atoms with Gasteiger partial charge in [-0.2, -0.15) is 0 Å². The van der Waals surface area contributed by atoms with Crippen molar-refractivity contribution in [2.75, 3.05) is 11.1 Å². The van der Waals surface area contributed by atoms with Crippen molar-refractivity contribution in [2.45, 2.75) is 24.8 Å². The average Bonchev–Trinajstić information content (AvgIpc) is 2.92. The third-order valence-electron chi connectivity index (χ3n) is 2.88. The first-order valence-corrected chi connectivity index (χ1v) is 8.29. The lowest BCUT2D eigenvalue weighted by Gasteiger charge is -2.17. The molecule has 1 unspecified atom stereocenters. The van der Waals surface area contributed by atoms with Crippen molar-refractivity contribution in [2.24, 2.45) is 0 Å². The van der Waals surface area contributed by atoms with Crippen molar-refractivity contribution in [1.29, 1.82) is 0 Å². The first-order chi connectivity index (χ1) is 9.63. The molecule has 0 aliphatic rings. The van der Waals surface area contributed by atoms with Gasteiger partial charge in [0.1, 0.15) is 0 Å². The average molecular weight is 307 g/mol. The molecule has 20 heavy (non-hydrogen) atoms. The van der Waals surface area contributed by atoms with Crippen LogP contribution in [0.5, 0.6) is 0 Å². The summed E-state index contributed by atoms with van der Waals surface area (Å²) in [5, 5.41) is 14.8. The third kappa shape index (κ3) is 3.35. The van der Waals surface area contributed by atoms with Gasteiger partial charge in [0.05, 0.1) is 17.3 Å². The highest BCUT2D eigenvalue weighted by Gasteiger charge is 2.17. The van der Waals surface area contributed by atoms with E-state index in [1.807, 2.05) is 49.6 Å². The van der Waals surface area contributed by atoms with Crippen LogP contribution < -0.4 is 5.32 Å². The molecular formula is C15H17NO2S2. The number of carboxylic acids is 1. The monoisotopic (exact) mass is 307 g/mol. The number of thioether (sulfide) groups is 1. The lowest BCUT2D eigenvalue weighted by molar-refractivity contribution is 0.0694. The first-order valence-electron chi connectivity index (χ1n) is 6.42. The Kier molecular flexibility index (Phi) is 5.09. The predicted molar refractivity (Wildman–Crippen MR) is 86.2 cm³/mol. The largest absolute Gasteiger partial charge is 0.478 e. The number of hydrogen-bond acceptors (Lipinski definition) is 4. The molecule has 0 radical (unpaired) electrons. The molecule has 0 fully saturated rings. The van der Waals surface area contributed by atoms with E-state index in [0.717, 1.165) is 10.6 Å². The molecule has 0 saturated heterocycles. The van der Waals surface area contributed by atoms with E-state index < -0.39 is 5.97 Å². The van der Waals surface area contributed by atoms with E-state index in [1.165, 1.54) is 4.88 Å². The Hall–Kier alpha value is -1.46. The second-order valence-corrected chi connectivity index (χ2v) is 6.58. The summed E-state index contributed by atoms with van der Waals surface area (Å²) in [7, 11) is 0. The number of hydrogen-bond donors (Lipinski definition) is 2. The number of rotatable bonds is 6. The van der Waals surface area contributed by atoms with Gasteiger partial charge in [-0.15, -0.1) is 23.1 Å². The highest BCUT2D eigenvalue weighted by Crippen LogP contribution is 2.31. The molecule has 0 saturated carbocycles. The summed E-state index contributed by atoms with van der Waals surface area (Å²) in [5.74, 6) is -0.0352. The molecule has 1 aromatic carbocycles. The van der Waals surface area contributed by atoms with Crippen LogP contribution in [0, 0.1) is 0 Å². The Bertz CT molecular complexity index is 582. The smallest absolute Gasteiger partial charge is 0.338 e. The maximum Gasteiger partial charge on any atom is 0.338 e. The second kappa shape index (κ2) is 6.81. The van der Waals surface area contributed by atoms with Crippen LogP contribution in [0.15, 0.2) is 40.6 Å². The van der Waals surface area contributed by atoms with E-state index in [4.69, 9.17) is 0 Å². The molecule has 0 aliphatic carbocycles. The molecule has 1 atom stereocenters. The molecule has 0 spiro atoms. The Morgan fingerprint density at radius 3 is 2.80 bits per heavy atom. The lowest BCUT2D eigenvalue weighted by Crippen LogP contribution is -2.10. The summed E-state index contributed by atoms with van der Waals surface area (Å²) in [5.41, 5.74) is 1.04. The highest BCUT2D eigenvalue weighted by atomic mass is 32.2. The van der Waals surface area contributed by atoms with Crippen LogP contribution in [0.25, 0.3) is 0 Å². The first kappa shape index (κ1) is 14.9. The van der Waals surface area contributed by atoms with Crippen molar-refractivity contribution in [3.8, 4) is 0 Å². The van der Waals surface area contributed by atoms with Gasteiger partial charge in [-0.25, -0.2) is 4.79 Å². The number of thiophene rings is 1. The summed E-state index contributed by atoms with van der Waals surface area (Å²) in [6.07, 6.45) is 0. The Labute approximate surface area is 127 Å². The van der Waals surface area contributed by atoms with Gasteiger partial charge in [0.15, 0.2) is 0 Å². The van der Waals surface area contributed by atoms with Crippen molar-refractivity contribution in [3.05, 3.63) is 46.2 Å². The Morgan fingerprint density at radius 2 is 2.20 bits per heavy atom. The highest BCUT2D eigenvalue weighted by molar-refractivity contribution is 7.99. The second-order valence-electron chi connectivity index (χ2n) is 4.30. The zero-order chi connectivity index (χ0) is 14.5. The molecule has 2 rings (SSSR count). The Morgan fingerprint density at radius 1 is 1.40 bits per heavy atom. The summed E-state index contributed by atoms with van der Waals surface area (Å²) in [4.78, 5) is 13.5. The van der Waals surface area contributed by atoms with Crippen molar-refractivity contribution < 1.29 is 9.90 Å². The van der Waals surface area contributed by atoms with Crippen molar-refractivity contribution in [1.82, 2.24) is 0 Å². The van der Waals surface area contributed by atoms with Crippen LogP contribution in [0.2, 0.25) is 0 Å². The summed E-state index contributed by atoms with van der Waals surface area (Å²) >= 11 is 3.21. The molecule has 0 aliphatic heterocycles. The van der Waals surface area contributed by atoms with Gasteiger partial charge in [-0.05, 0) is 36.3 Å². The fourth-order valence-corrected chi connectivity index (χ4v) is 3.55. The number of nitrogens with one attached hydrogen (secondary N) is 1. The molecule has 1 heterocycles. The minimum Gasteiger partial charge on any atom is -0.478 e. The third-order valence-corrected chi connectivity index (χ3v) is 4.88. The standard InChI is InChI=1S/C15H17NO2S2/c1-3-19-13-7-4-6-11(14(13)15(17)18)16-10(2)12-8-5-9-20-12/h4-10,16H,3H2,1-2H3,(H,17,18). The number of carbonyl (C=O) groups is 1. The summed E-state index contributed by atoms with van der Waals surface area (Å²) < 4.78 is 0. The molecular weight excluding hydrogens is 290 g/mol. The fraction of sp³-hybridized carbons (Fsp3) is 0.267. The minimum atomic E-state index is -0.887. The zero-order valence-electron chi connectivity index (χ0n) is 11.4. The number of benzene rings is 1. The normalized spacial score (nSPS) is 12.1. The topological polar surface area (TPSA) is 49.3 Å². The number of aromatic carboxylic acids is 1. The SMILES string of the molecule is CCSc1cccc(NC(C)c2cccs2)c1C(=O)O. The van der Waals surface area contributed by atoms with Crippen LogP contribution in [0.3, 0.4) is 0 Å². The van der Waals surface area contributed by atoms with Crippen LogP contribution in [0.4, 0.5) is 5.69 Å². The quantitative estimate of drug-likeness (QED) is 0.757. The van der Waals surface area contributed by atoms with Crippen LogP contribution >= 0.6 is 23.1 Å². The van der Waals surface area contributed by atoms with Crippen molar-refractivity contribution in [3.63, 3.8) is 0 Å². The van der Waals surface area contributed by atoms with Crippen LogP contribution in [-0.2, 0) is 0 Å².